The third kappa shape index (κ3) is 4.58. The molecule has 0 saturated carbocycles. The van der Waals surface area contributed by atoms with Crippen LogP contribution >= 0.6 is 45.2 Å². The molecule has 0 radical (unpaired) electrons. The van der Waals surface area contributed by atoms with Gasteiger partial charge in [0.25, 0.3) is 0 Å². The fourth-order valence-electron chi connectivity index (χ4n) is 0.515. The zero-order valence-electron chi connectivity index (χ0n) is 5.61. The van der Waals surface area contributed by atoms with Gasteiger partial charge in [-0.15, -0.1) is 6.58 Å². The molecule has 0 aromatic carbocycles. The van der Waals surface area contributed by atoms with Gasteiger partial charge in [0, 0.05) is 8.35 Å². The van der Waals surface area contributed by atoms with Crippen molar-refractivity contribution in [2.24, 2.45) is 5.92 Å². The van der Waals surface area contributed by atoms with Gasteiger partial charge in [0.1, 0.15) is 0 Å². The van der Waals surface area contributed by atoms with Gasteiger partial charge >= 0.3 is 0 Å². The predicted octanol–water partition coefficient (Wildman–Crippen LogP) is 3.44. The number of halogens is 2. The largest absolute Gasteiger partial charge is 0.103 e. The maximum Gasteiger partial charge on any atom is 0.0177 e. The van der Waals surface area contributed by atoms with Crippen LogP contribution in [-0.2, 0) is 0 Å². The molecule has 0 heterocycles. The Morgan fingerprint density at radius 1 is 1.67 bits per heavy atom. The molecular weight excluding hydrogens is 338 g/mol. The molecule has 2 atom stereocenters. The highest BCUT2D eigenvalue weighted by Crippen LogP contribution is 2.18. The zero-order valence-corrected chi connectivity index (χ0v) is 9.92. The lowest BCUT2D eigenvalue weighted by molar-refractivity contribution is 0.684. The van der Waals surface area contributed by atoms with Crippen molar-refractivity contribution in [2.45, 2.75) is 17.3 Å². The molecule has 0 aliphatic carbocycles. The van der Waals surface area contributed by atoms with E-state index in [1.54, 1.807) is 0 Å². The Kier molecular flexibility index (Phi) is 6.74. The third-order valence-electron chi connectivity index (χ3n) is 1.33. The highest BCUT2D eigenvalue weighted by Gasteiger charge is 2.07. The first-order valence-corrected chi connectivity index (χ1v) is 5.82. The summed E-state index contributed by atoms with van der Waals surface area (Å²) in [6.45, 7) is 5.98. The topological polar surface area (TPSA) is 0 Å². The Morgan fingerprint density at radius 3 is 2.56 bits per heavy atom. The molecule has 54 valence electrons. The van der Waals surface area contributed by atoms with Crippen molar-refractivity contribution in [2.75, 3.05) is 4.43 Å². The summed E-state index contributed by atoms with van der Waals surface area (Å²) in [5, 5.41) is 0. The summed E-state index contributed by atoms with van der Waals surface area (Å²) in [7, 11) is 0. The van der Waals surface area contributed by atoms with Crippen LogP contribution in [0.25, 0.3) is 0 Å². The second kappa shape index (κ2) is 5.95. The van der Waals surface area contributed by atoms with E-state index in [1.165, 1.54) is 10.8 Å². The van der Waals surface area contributed by atoms with Crippen LogP contribution in [0.15, 0.2) is 12.7 Å². The summed E-state index contributed by atoms with van der Waals surface area (Å²) in [5.74, 6) is 0.667. The Morgan fingerprint density at radius 2 is 2.22 bits per heavy atom. The monoisotopic (exact) mass is 350 g/mol. The molecule has 0 rings (SSSR count). The summed E-state index contributed by atoms with van der Waals surface area (Å²) < 4.78 is 2.03. The molecule has 2 heteroatoms. The fourth-order valence-corrected chi connectivity index (χ4v) is 2.98. The van der Waals surface area contributed by atoms with E-state index in [2.05, 4.69) is 58.7 Å². The summed E-state index contributed by atoms with van der Waals surface area (Å²) in [6.07, 6.45) is 3.33. The van der Waals surface area contributed by atoms with Crippen LogP contribution in [0, 0.1) is 5.92 Å². The predicted molar refractivity (Wildman–Crippen MR) is 60.7 cm³/mol. The van der Waals surface area contributed by atoms with E-state index in [0.717, 1.165) is 3.92 Å². The van der Waals surface area contributed by atoms with Crippen molar-refractivity contribution in [1.82, 2.24) is 0 Å². The van der Waals surface area contributed by atoms with Crippen LogP contribution in [0.5, 0.6) is 0 Å². The van der Waals surface area contributed by atoms with E-state index in [9.17, 15) is 0 Å². The van der Waals surface area contributed by atoms with E-state index >= 15 is 0 Å². The Balaban J connectivity index is 3.44. The number of rotatable bonds is 4. The summed E-state index contributed by atoms with van der Waals surface area (Å²) in [4.78, 5) is 0. The minimum Gasteiger partial charge on any atom is -0.103 e. The quantitative estimate of drug-likeness (QED) is 0.414. The third-order valence-corrected chi connectivity index (χ3v) is 3.71. The average molecular weight is 350 g/mol. The fraction of sp³-hybridized carbons (Fsp3) is 0.714. The first kappa shape index (κ1) is 10.2. The SMILES string of the molecule is C=CC(C)[C@@H](I)CCI. The Hall–Kier alpha value is 1.20. The molecule has 0 fully saturated rings. The first-order valence-electron chi connectivity index (χ1n) is 3.05. The molecule has 0 aliphatic heterocycles. The van der Waals surface area contributed by atoms with Gasteiger partial charge in [-0.3, -0.25) is 0 Å². The average Bonchev–Trinajstić information content (AvgIpc) is 1.87. The van der Waals surface area contributed by atoms with Gasteiger partial charge in [-0.2, -0.15) is 0 Å². The number of allylic oxidation sites excluding steroid dienone is 1. The standard InChI is InChI=1S/C7H12I2/c1-3-6(2)7(9)4-5-8/h3,6-7H,1,4-5H2,2H3/t6?,7-/m0/s1. The van der Waals surface area contributed by atoms with Gasteiger partial charge in [0.05, 0.1) is 0 Å². The molecular formula is C7H12I2. The van der Waals surface area contributed by atoms with E-state index in [0.29, 0.717) is 5.92 Å². The van der Waals surface area contributed by atoms with Crippen LogP contribution in [0.1, 0.15) is 13.3 Å². The smallest absolute Gasteiger partial charge is 0.0177 e. The molecule has 0 aliphatic rings. The number of hydrogen-bond acceptors (Lipinski definition) is 0. The van der Waals surface area contributed by atoms with Crippen molar-refractivity contribution in [3.63, 3.8) is 0 Å². The van der Waals surface area contributed by atoms with Gasteiger partial charge in [0.15, 0.2) is 0 Å². The zero-order chi connectivity index (χ0) is 7.28. The van der Waals surface area contributed by atoms with Gasteiger partial charge in [0.2, 0.25) is 0 Å². The van der Waals surface area contributed by atoms with Gasteiger partial charge in [-0.05, 0) is 12.3 Å². The normalized spacial score (nSPS) is 16.8. The molecule has 0 nitrogen and oxygen atoms in total. The van der Waals surface area contributed by atoms with Crippen molar-refractivity contribution in [3.8, 4) is 0 Å². The summed E-state index contributed by atoms with van der Waals surface area (Å²) in [5.41, 5.74) is 0. The molecule has 0 N–H and O–H groups in total. The molecule has 0 bridgehead atoms. The van der Waals surface area contributed by atoms with E-state index < -0.39 is 0 Å². The van der Waals surface area contributed by atoms with Gasteiger partial charge in [-0.1, -0.05) is 58.2 Å². The van der Waals surface area contributed by atoms with Crippen molar-refractivity contribution in [3.05, 3.63) is 12.7 Å². The summed E-state index contributed by atoms with van der Waals surface area (Å²) >= 11 is 4.90. The van der Waals surface area contributed by atoms with Crippen LogP contribution in [0.3, 0.4) is 0 Å². The van der Waals surface area contributed by atoms with Gasteiger partial charge < -0.3 is 0 Å². The second-order valence-electron chi connectivity index (χ2n) is 2.09. The summed E-state index contributed by atoms with van der Waals surface area (Å²) in [6, 6.07) is 0. The molecule has 0 saturated heterocycles. The molecule has 1 unspecified atom stereocenters. The molecule has 0 aromatic rings. The van der Waals surface area contributed by atoms with Crippen molar-refractivity contribution >= 4 is 45.2 Å². The molecule has 0 aromatic heterocycles. The molecule has 0 amide bonds. The van der Waals surface area contributed by atoms with E-state index in [1.807, 2.05) is 6.08 Å². The highest BCUT2D eigenvalue weighted by atomic mass is 127. The van der Waals surface area contributed by atoms with Crippen LogP contribution in [0.2, 0.25) is 0 Å². The van der Waals surface area contributed by atoms with E-state index in [4.69, 9.17) is 0 Å². The minimum atomic E-state index is 0.667. The Bertz CT molecular complexity index is 81.0. The number of alkyl halides is 2. The van der Waals surface area contributed by atoms with Crippen molar-refractivity contribution in [1.29, 1.82) is 0 Å². The van der Waals surface area contributed by atoms with Gasteiger partial charge in [-0.25, -0.2) is 0 Å². The highest BCUT2D eigenvalue weighted by molar-refractivity contribution is 14.1. The van der Waals surface area contributed by atoms with Crippen LogP contribution in [0.4, 0.5) is 0 Å². The molecule has 9 heavy (non-hydrogen) atoms. The van der Waals surface area contributed by atoms with E-state index in [-0.39, 0.29) is 0 Å². The maximum absolute atomic E-state index is 3.76. The van der Waals surface area contributed by atoms with Crippen molar-refractivity contribution < 1.29 is 0 Å². The first-order chi connectivity index (χ1) is 4.22. The Labute approximate surface area is 84.8 Å². The minimum absolute atomic E-state index is 0.667. The lowest BCUT2D eigenvalue weighted by atomic mass is 10.1. The number of hydrogen-bond donors (Lipinski definition) is 0. The lowest BCUT2D eigenvalue weighted by Gasteiger charge is -2.11. The lowest BCUT2D eigenvalue weighted by Crippen LogP contribution is -2.07. The second-order valence-corrected chi connectivity index (χ2v) is 4.77. The maximum atomic E-state index is 3.76. The van der Waals surface area contributed by atoms with Crippen LogP contribution < -0.4 is 0 Å². The molecule has 0 spiro atoms. The van der Waals surface area contributed by atoms with Crippen LogP contribution in [-0.4, -0.2) is 8.35 Å².